The minimum absolute atomic E-state index is 0.0567. The zero-order chi connectivity index (χ0) is 19.0. The number of benzene rings is 1. The molecule has 0 bridgehead atoms. The Morgan fingerprint density at radius 1 is 1.35 bits per heavy atom. The number of nitro benzene ring substituents is 1. The van der Waals surface area contributed by atoms with Crippen molar-refractivity contribution in [1.82, 2.24) is 4.90 Å². The van der Waals surface area contributed by atoms with Crippen LogP contribution in [0.1, 0.15) is 12.7 Å². The summed E-state index contributed by atoms with van der Waals surface area (Å²) in [5.41, 5.74) is 0.0661. The number of nitrogens with zero attached hydrogens (tertiary/aromatic N) is 2. The minimum Gasteiger partial charge on any atom is -0.457 e. The fourth-order valence-electron chi connectivity index (χ4n) is 2.34. The Bertz CT molecular complexity index is 971. The number of thiocarbonyl (C=S) groups is 1. The van der Waals surface area contributed by atoms with Gasteiger partial charge in [0.2, 0.25) is 0 Å². The molecule has 0 unspecified atom stereocenters. The Morgan fingerprint density at radius 3 is 2.69 bits per heavy atom. The summed E-state index contributed by atoms with van der Waals surface area (Å²) < 4.78 is 6.18. The van der Waals surface area contributed by atoms with Gasteiger partial charge in [-0.25, -0.2) is 0 Å². The molecule has 10 heteroatoms. The van der Waals surface area contributed by atoms with E-state index in [2.05, 4.69) is 0 Å². The average Bonchev–Trinajstić information content (AvgIpc) is 3.12. The molecule has 1 aliphatic heterocycles. The molecular formula is C16H10Cl2N2O4S2. The highest BCUT2D eigenvalue weighted by Gasteiger charge is 2.31. The lowest BCUT2D eigenvalue weighted by molar-refractivity contribution is -0.384. The third-order valence-electron chi connectivity index (χ3n) is 3.59. The molecule has 0 N–H and O–H groups in total. The Hall–Kier alpha value is -1.87. The quantitative estimate of drug-likeness (QED) is 0.281. The van der Waals surface area contributed by atoms with Crippen molar-refractivity contribution >= 4 is 69.2 Å². The van der Waals surface area contributed by atoms with Gasteiger partial charge in [0.05, 0.1) is 14.9 Å². The number of furan rings is 1. The van der Waals surface area contributed by atoms with E-state index in [0.717, 1.165) is 0 Å². The van der Waals surface area contributed by atoms with Crippen LogP contribution in [0.15, 0.2) is 33.6 Å². The molecule has 1 aromatic heterocycles. The maximum absolute atomic E-state index is 12.2. The molecule has 3 rings (SSSR count). The highest BCUT2D eigenvalue weighted by atomic mass is 35.5. The highest BCUT2D eigenvalue weighted by molar-refractivity contribution is 8.26. The van der Waals surface area contributed by atoms with Crippen molar-refractivity contribution in [2.75, 3.05) is 6.54 Å². The first-order valence-corrected chi connectivity index (χ1v) is 9.29. The summed E-state index contributed by atoms with van der Waals surface area (Å²) in [4.78, 5) is 24.6. The van der Waals surface area contributed by atoms with E-state index in [-0.39, 0.29) is 21.6 Å². The fraction of sp³-hybridized carbons (Fsp3) is 0.125. The Kier molecular flexibility index (Phi) is 5.38. The van der Waals surface area contributed by atoms with Crippen LogP contribution in [0.4, 0.5) is 5.69 Å². The summed E-state index contributed by atoms with van der Waals surface area (Å²) in [7, 11) is 0. The zero-order valence-corrected chi connectivity index (χ0v) is 16.3. The Balaban J connectivity index is 1.96. The lowest BCUT2D eigenvalue weighted by atomic mass is 10.1. The summed E-state index contributed by atoms with van der Waals surface area (Å²) in [5.74, 6) is 0.554. The topological polar surface area (TPSA) is 76.6 Å². The summed E-state index contributed by atoms with van der Waals surface area (Å²) in [6.45, 7) is 2.34. The van der Waals surface area contributed by atoms with E-state index >= 15 is 0 Å². The van der Waals surface area contributed by atoms with Crippen molar-refractivity contribution in [1.29, 1.82) is 0 Å². The number of hydrogen-bond acceptors (Lipinski definition) is 6. The van der Waals surface area contributed by atoms with Crippen molar-refractivity contribution in [3.8, 4) is 11.3 Å². The second kappa shape index (κ2) is 7.40. The molecule has 26 heavy (non-hydrogen) atoms. The largest absolute Gasteiger partial charge is 0.457 e. The van der Waals surface area contributed by atoms with Crippen molar-refractivity contribution in [2.24, 2.45) is 0 Å². The zero-order valence-electron chi connectivity index (χ0n) is 13.2. The molecule has 1 saturated heterocycles. The van der Waals surface area contributed by atoms with Gasteiger partial charge in [-0.2, -0.15) is 0 Å². The third kappa shape index (κ3) is 3.50. The van der Waals surface area contributed by atoms with E-state index in [1.54, 1.807) is 18.2 Å². The van der Waals surface area contributed by atoms with Crippen LogP contribution in [0.2, 0.25) is 10.0 Å². The first-order chi connectivity index (χ1) is 12.3. The van der Waals surface area contributed by atoms with E-state index in [4.69, 9.17) is 39.8 Å². The molecule has 134 valence electrons. The van der Waals surface area contributed by atoms with Crippen LogP contribution in [-0.4, -0.2) is 26.6 Å². The van der Waals surface area contributed by atoms with Gasteiger partial charge in [-0.15, -0.1) is 0 Å². The van der Waals surface area contributed by atoms with Gasteiger partial charge in [0.25, 0.3) is 11.6 Å². The first-order valence-electron chi connectivity index (χ1n) is 7.30. The van der Waals surface area contributed by atoms with Crippen molar-refractivity contribution in [3.05, 3.63) is 55.1 Å². The predicted octanol–water partition coefficient (Wildman–Crippen LogP) is 5.38. The molecular weight excluding hydrogens is 419 g/mol. The van der Waals surface area contributed by atoms with Crippen LogP contribution in [0.25, 0.3) is 17.4 Å². The predicted molar refractivity (Wildman–Crippen MR) is 106 cm³/mol. The molecule has 0 aliphatic carbocycles. The Morgan fingerprint density at radius 2 is 2.08 bits per heavy atom. The number of nitro groups is 1. The molecule has 0 atom stereocenters. The monoisotopic (exact) mass is 428 g/mol. The van der Waals surface area contributed by atoms with Gasteiger partial charge < -0.3 is 4.42 Å². The highest BCUT2D eigenvalue weighted by Crippen LogP contribution is 2.38. The van der Waals surface area contributed by atoms with E-state index in [9.17, 15) is 14.9 Å². The van der Waals surface area contributed by atoms with E-state index < -0.39 is 4.92 Å². The standard InChI is InChI=1S/C16H10Cl2N2O4S2/c1-2-19-15(21)14(26-16(19)25)5-8-3-4-13(24-8)9-6-12(20(22)23)11(18)7-10(9)17/h3-7H,2H2,1H3/b14-5-. The number of likely N-dealkylation sites (N-methyl/N-ethyl adjacent to an activating group) is 1. The fourth-order valence-corrected chi connectivity index (χ4v) is 4.25. The van der Waals surface area contributed by atoms with Crippen LogP contribution in [0, 0.1) is 10.1 Å². The molecule has 1 amide bonds. The van der Waals surface area contributed by atoms with E-state index in [1.165, 1.54) is 28.8 Å². The van der Waals surface area contributed by atoms with Gasteiger partial charge in [-0.3, -0.25) is 19.8 Å². The number of amides is 1. The Labute approximate surface area is 167 Å². The maximum atomic E-state index is 12.2. The number of carbonyl (C=O) groups is 1. The van der Waals surface area contributed by atoms with Crippen LogP contribution in [0.3, 0.4) is 0 Å². The summed E-state index contributed by atoms with van der Waals surface area (Å²) in [5, 5.41) is 11.2. The normalized spacial score (nSPS) is 16.0. The smallest absolute Gasteiger partial charge is 0.288 e. The molecule has 1 aliphatic rings. The number of halogens is 2. The van der Waals surface area contributed by atoms with E-state index in [1.807, 2.05) is 6.92 Å². The van der Waals surface area contributed by atoms with E-state index in [0.29, 0.717) is 32.9 Å². The molecule has 2 aromatic rings. The van der Waals surface area contributed by atoms with Crippen molar-refractivity contribution < 1.29 is 14.1 Å². The van der Waals surface area contributed by atoms with Crippen LogP contribution in [0.5, 0.6) is 0 Å². The van der Waals surface area contributed by atoms with Crippen LogP contribution in [-0.2, 0) is 4.79 Å². The minimum atomic E-state index is -0.595. The van der Waals surface area contributed by atoms with Gasteiger partial charge in [0, 0.05) is 24.3 Å². The second-order valence-corrected chi connectivity index (χ2v) is 7.66. The van der Waals surface area contributed by atoms with Crippen LogP contribution < -0.4 is 0 Å². The van der Waals surface area contributed by atoms with Crippen molar-refractivity contribution in [2.45, 2.75) is 6.92 Å². The third-order valence-corrected chi connectivity index (χ3v) is 5.58. The maximum Gasteiger partial charge on any atom is 0.288 e. The van der Waals surface area contributed by atoms with Gasteiger partial charge >= 0.3 is 0 Å². The van der Waals surface area contributed by atoms with Crippen molar-refractivity contribution in [3.63, 3.8) is 0 Å². The molecule has 0 spiro atoms. The van der Waals surface area contributed by atoms with Gasteiger partial charge in [0.15, 0.2) is 0 Å². The molecule has 0 saturated carbocycles. The number of carbonyl (C=O) groups excluding carboxylic acids is 1. The molecule has 6 nitrogen and oxygen atoms in total. The number of rotatable bonds is 4. The van der Waals surface area contributed by atoms with Gasteiger partial charge in [-0.05, 0) is 25.1 Å². The van der Waals surface area contributed by atoms with Gasteiger partial charge in [-0.1, -0.05) is 47.2 Å². The number of hydrogen-bond donors (Lipinski definition) is 0. The lowest BCUT2D eigenvalue weighted by Crippen LogP contribution is -2.27. The average molecular weight is 429 g/mol. The van der Waals surface area contributed by atoms with Gasteiger partial charge in [0.1, 0.15) is 20.9 Å². The lowest BCUT2D eigenvalue weighted by Gasteiger charge is -2.09. The second-order valence-electron chi connectivity index (χ2n) is 5.17. The summed E-state index contributed by atoms with van der Waals surface area (Å²) in [6.07, 6.45) is 1.58. The molecule has 1 fully saturated rings. The summed E-state index contributed by atoms with van der Waals surface area (Å²) in [6, 6.07) is 5.81. The number of thioether (sulfide) groups is 1. The first kappa shape index (κ1) is 18.9. The molecule has 0 radical (unpaired) electrons. The van der Waals surface area contributed by atoms with Crippen LogP contribution >= 0.6 is 47.2 Å². The molecule has 2 heterocycles. The molecule has 1 aromatic carbocycles. The SMILES string of the molecule is CCN1C(=O)/C(=C/c2ccc(-c3cc([N+](=O)[O-])c(Cl)cc3Cl)o2)SC1=S. The summed E-state index contributed by atoms with van der Waals surface area (Å²) >= 11 is 18.3.